The Morgan fingerprint density at radius 2 is 1.79 bits per heavy atom. The molecule has 0 aromatic heterocycles. The Morgan fingerprint density at radius 3 is 2.14 bits per heavy atom. The summed E-state index contributed by atoms with van der Waals surface area (Å²) in [6.07, 6.45) is 0.506. The van der Waals surface area contributed by atoms with Gasteiger partial charge in [-0.2, -0.15) is 0 Å². The molecule has 0 spiro atoms. The Kier molecular flexibility index (Phi) is 3.28. The van der Waals surface area contributed by atoms with Crippen LogP contribution in [0.25, 0.3) is 0 Å². The first-order chi connectivity index (χ1) is 6.54. The molecule has 1 aromatic carbocycles. The van der Waals surface area contributed by atoms with Gasteiger partial charge in [-0.25, -0.2) is 0 Å². The Hall–Kier alpha value is -1.31. The second-order valence-corrected chi connectivity index (χ2v) is 3.64. The van der Waals surface area contributed by atoms with Gasteiger partial charge in [-0.05, 0) is 37.5 Å². The Morgan fingerprint density at radius 1 is 1.29 bits per heavy atom. The summed E-state index contributed by atoms with van der Waals surface area (Å²) in [7, 11) is 1.67. The molecule has 0 aliphatic heterocycles. The van der Waals surface area contributed by atoms with E-state index in [1.54, 1.807) is 14.0 Å². The Bertz CT molecular complexity index is 330. The number of ketones is 1. The van der Waals surface area contributed by atoms with E-state index in [-0.39, 0.29) is 5.78 Å². The first-order valence-electron chi connectivity index (χ1n) is 4.68. The van der Waals surface area contributed by atoms with Crippen molar-refractivity contribution in [2.75, 3.05) is 7.11 Å². The summed E-state index contributed by atoms with van der Waals surface area (Å²) in [5.74, 6) is 1.10. The molecule has 0 aliphatic carbocycles. The maximum atomic E-state index is 11.0. The first-order valence-corrected chi connectivity index (χ1v) is 4.68. The quantitative estimate of drug-likeness (QED) is 0.735. The van der Waals surface area contributed by atoms with Gasteiger partial charge < -0.3 is 4.74 Å². The van der Waals surface area contributed by atoms with Crippen molar-refractivity contribution in [1.29, 1.82) is 0 Å². The van der Waals surface area contributed by atoms with Gasteiger partial charge in [-0.1, -0.05) is 12.1 Å². The molecule has 0 amide bonds. The number of hydrogen-bond donors (Lipinski definition) is 0. The van der Waals surface area contributed by atoms with Crippen molar-refractivity contribution < 1.29 is 9.53 Å². The SMILES string of the molecule is COc1c(C)cc(CC(C)=O)cc1C. The molecule has 2 heteroatoms. The van der Waals surface area contributed by atoms with E-state index < -0.39 is 0 Å². The fraction of sp³-hybridized carbons (Fsp3) is 0.417. The van der Waals surface area contributed by atoms with Crippen LogP contribution in [0, 0.1) is 13.8 Å². The highest BCUT2D eigenvalue weighted by molar-refractivity contribution is 5.78. The van der Waals surface area contributed by atoms with Gasteiger partial charge in [0.25, 0.3) is 0 Å². The average molecular weight is 192 g/mol. The molecule has 14 heavy (non-hydrogen) atoms. The molecule has 0 N–H and O–H groups in total. The van der Waals surface area contributed by atoms with Crippen molar-refractivity contribution in [2.45, 2.75) is 27.2 Å². The largest absolute Gasteiger partial charge is 0.496 e. The van der Waals surface area contributed by atoms with E-state index in [4.69, 9.17) is 4.74 Å². The van der Waals surface area contributed by atoms with Gasteiger partial charge in [-0.3, -0.25) is 4.79 Å². The third-order valence-electron chi connectivity index (χ3n) is 2.18. The number of methoxy groups -OCH3 is 1. The number of carbonyl (C=O) groups excluding carboxylic acids is 1. The van der Waals surface area contributed by atoms with Crippen molar-refractivity contribution in [1.82, 2.24) is 0 Å². The third kappa shape index (κ3) is 2.34. The fourth-order valence-corrected chi connectivity index (χ4v) is 1.75. The first kappa shape index (κ1) is 10.8. The number of benzene rings is 1. The van der Waals surface area contributed by atoms with Crippen LogP contribution in [0.5, 0.6) is 5.75 Å². The van der Waals surface area contributed by atoms with Gasteiger partial charge in [0, 0.05) is 6.42 Å². The summed E-state index contributed by atoms with van der Waals surface area (Å²) in [6.45, 7) is 5.60. The number of rotatable bonds is 3. The molecule has 76 valence electrons. The fourth-order valence-electron chi connectivity index (χ4n) is 1.75. The lowest BCUT2D eigenvalue weighted by atomic mass is 10.0. The van der Waals surface area contributed by atoms with Crippen LogP contribution in [-0.2, 0) is 11.2 Å². The van der Waals surface area contributed by atoms with Gasteiger partial charge in [0.2, 0.25) is 0 Å². The van der Waals surface area contributed by atoms with E-state index in [0.29, 0.717) is 6.42 Å². The highest BCUT2D eigenvalue weighted by atomic mass is 16.5. The molecule has 1 rings (SSSR count). The van der Waals surface area contributed by atoms with Crippen LogP contribution < -0.4 is 4.74 Å². The molecular weight excluding hydrogens is 176 g/mol. The van der Waals surface area contributed by atoms with Crippen molar-refractivity contribution in [3.05, 3.63) is 28.8 Å². The molecule has 0 fully saturated rings. The molecule has 1 aromatic rings. The summed E-state index contributed by atoms with van der Waals surface area (Å²) in [6, 6.07) is 4.01. The van der Waals surface area contributed by atoms with E-state index in [1.807, 2.05) is 26.0 Å². The van der Waals surface area contributed by atoms with Gasteiger partial charge in [-0.15, -0.1) is 0 Å². The predicted octanol–water partition coefficient (Wildman–Crippen LogP) is 2.44. The van der Waals surface area contributed by atoms with Crippen molar-refractivity contribution in [2.24, 2.45) is 0 Å². The summed E-state index contributed by atoms with van der Waals surface area (Å²) in [5, 5.41) is 0. The van der Waals surface area contributed by atoms with E-state index >= 15 is 0 Å². The minimum absolute atomic E-state index is 0.189. The van der Waals surface area contributed by atoms with Crippen LogP contribution in [-0.4, -0.2) is 12.9 Å². The molecule has 0 saturated heterocycles. The average Bonchev–Trinajstić information content (AvgIpc) is 2.01. The van der Waals surface area contributed by atoms with Crippen LogP contribution in [0.4, 0.5) is 0 Å². The minimum Gasteiger partial charge on any atom is -0.496 e. The summed E-state index contributed by atoms with van der Waals surface area (Å²) >= 11 is 0. The van der Waals surface area contributed by atoms with Crippen molar-refractivity contribution >= 4 is 5.78 Å². The van der Waals surface area contributed by atoms with Crippen molar-refractivity contribution in [3.63, 3.8) is 0 Å². The summed E-state index contributed by atoms with van der Waals surface area (Å²) in [4.78, 5) is 11.0. The predicted molar refractivity (Wildman–Crippen MR) is 56.9 cm³/mol. The monoisotopic (exact) mass is 192 g/mol. The smallest absolute Gasteiger partial charge is 0.134 e. The number of ether oxygens (including phenoxy) is 1. The van der Waals surface area contributed by atoms with Crippen LogP contribution in [0.15, 0.2) is 12.1 Å². The normalized spacial score (nSPS) is 10.0. The summed E-state index contributed by atoms with van der Waals surface area (Å²) < 4.78 is 5.25. The van der Waals surface area contributed by atoms with Crippen LogP contribution in [0.2, 0.25) is 0 Å². The highest BCUT2D eigenvalue weighted by Crippen LogP contribution is 2.24. The highest BCUT2D eigenvalue weighted by Gasteiger charge is 2.06. The lowest BCUT2D eigenvalue weighted by Gasteiger charge is -2.10. The minimum atomic E-state index is 0.189. The molecular formula is C12H16O2. The second-order valence-electron chi connectivity index (χ2n) is 3.64. The third-order valence-corrected chi connectivity index (χ3v) is 2.18. The zero-order valence-corrected chi connectivity index (χ0v) is 9.18. The lowest BCUT2D eigenvalue weighted by Crippen LogP contribution is -1.99. The van der Waals surface area contributed by atoms with Gasteiger partial charge >= 0.3 is 0 Å². The maximum absolute atomic E-state index is 11.0. The molecule has 0 heterocycles. The number of hydrogen-bond acceptors (Lipinski definition) is 2. The molecule has 0 saturated carbocycles. The Balaban J connectivity index is 3.07. The lowest BCUT2D eigenvalue weighted by molar-refractivity contribution is -0.116. The molecule has 0 atom stereocenters. The van der Waals surface area contributed by atoms with Crippen LogP contribution in [0.3, 0.4) is 0 Å². The van der Waals surface area contributed by atoms with Gasteiger partial charge in [0.15, 0.2) is 0 Å². The van der Waals surface area contributed by atoms with Crippen LogP contribution >= 0.6 is 0 Å². The molecule has 0 radical (unpaired) electrons. The van der Waals surface area contributed by atoms with Gasteiger partial charge in [0.1, 0.15) is 11.5 Å². The topological polar surface area (TPSA) is 26.3 Å². The molecule has 0 unspecified atom stereocenters. The summed E-state index contributed by atoms with van der Waals surface area (Å²) in [5.41, 5.74) is 3.24. The van der Waals surface area contributed by atoms with Gasteiger partial charge in [0.05, 0.1) is 7.11 Å². The number of aryl methyl sites for hydroxylation is 2. The van der Waals surface area contributed by atoms with E-state index in [0.717, 1.165) is 22.4 Å². The van der Waals surface area contributed by atoms with E-state index in [2.05, 4.69) is 0 Å². The maximum Gasteiger partial charge on any atom is 0.134 e. The molecule has 0 bridgehead atoms. The number of Topliss-reactive ketones (excluding diaryl/α,β-unsaturated/α-hetero) is 1. The Labute approximate surface area is 84.9 Å². The molecule has 0 aliphatic rings. The van der Waals surface area contributed by atoms with Crippen LogP contribution in [0.1, 0.15) is 23.6 Å². The van der Waals surface area contributed by atoms with E-state index in [1.165, 1.54) is 0 Å². The zero-order valence-electron chi connectivity index (χ0n) is 9.18. The second kappa shape index (κ2) is 4.27. The standard InChI is InChI=1S/C12H16O2/c1-8-5-11(7-10(3)13)6-9(2)12(8)14-4/h5-6H,7H2,1-4H3. The zero-order chi connectivity index (χ0) is 10.7. The number of carbonyl (C=O) groups is 1. The van der Waals surface area contributed by atoms with Crippen molar-refractivity contribution in [3.8, 4) is 5.75 Å². The molecule has 2 nitrogen and oxygen atoms in total. The van der Waals surface area contributed by atoms with E-state index in [9.17, 15) is 4.79 Å².